The molecule has 1 atom stereocenters. The molecule has 0 aliphatic carbocycles. The van der Waals surface area contributed by atoms with E-state index in [-0.39, 0.29) is 11.9 Å². The SMILES string of the molecule is CCC/C=C\C(=O)OC(C)N1CCCCCC1=O. The van der Waals surface area contributed by atoms with E-state index in [0.717, 1.165) is 32.1 Å². The average Bonchev–Trinajstić information content (AvgIpc) is 2.54. The lowest BCUT2D eigenvalue weighted by Crippen LogP contribution is -2.40. The number of likely N-dealkylation sites (tertiary alicyclic amines) is 1. The zero-order valence-corrected chi connectivity index (χ0v) is 11.4. The van der Waals surface area contributed by atoms with Crippen molar-refractivity contribution >= 4 is 11.9 Å². The second kappa shape index (κ2) is 7.90. The molecule has 102 valence electrons. The summed E-state index contributed by atoms with van der Waals surface area (Å²) in [4.78, 5) is 25.0. The van der Waals surface area contributed by atoms with E-state index in [0.29, 0.717) is 13.0 Å². The Morgan fingerprint density at radius 2 is 2.22 bits per heavy atom. The molecule has 1 unspecified atom stereocenters. The van der Waals surface area contributed by atoms with Gasteiger partial charge in [0.2, 0.25) is 5.91 Å². The van der Waals surface area contributed by atoms with Crippen LogP contribution in [0.4, 0.5) is 0 Å². The number of amides is 1. The number of carbonyl (C=O) groups excluding carboxylic acids is 2. The Balaban J connectivity index is 2.45. The fraction of sp³-hybridized carbons (Fsp3) is 0.714. The van der Waals surface area contributed by atoms with Crippen molar-refractivity contribution < 1.29 is 14.3 Å². The lowest BCUT2D eigenvalue weighted by molar-refractivity contribution is -0.158. The van der Waals surface area contributed by atoms with Crippen molar-refractivity contribution in [3.8, 4) is 0 Å². The summed E-state index contributed by atoms with van der Waals surface area (Å²) in [7, 11) is 0. The van der Waals surface area contributed by atoms with Gasteiger partial charge in [0.05, 0.1) is 0 Å². The molecule has 18 heavy (non-hydrogen) atoms. The van der Waals surface area contributed by atoms with Crippen molar-refractivity contribution in [1.82, 2.24) is 4.90 Å². The predicted molar refractivity (Wildman–Crippen MR) is 69.8 cm³/mol. The van der Waals surface area contributed by atoms with Gasteiger partial charge in [-0.05, 0) is 26.2 Å². The van der Waals surface area contributed by atoms with Gasteiger partial charge in [0.25, 0.3) is 0 Å². The van der Waals surface area contributed by atoms with Gasteiger partial charge in [-0.25, -0.2) is 4.79 Å². The van der Waals surface area contributed by atoms with E-state index < -0.39 is 6.23 Å². The second-order valence-electron chi connectivity index (χ2n) is 4.63. The van der Waals surface area contributed by atoms with E-state index in [2.05, 4.69) is 0 Å². The van der Waals surface area contributed by atoms with Crippen molar-refractivity contribution in [1.29, 1.82) is 0 Å². The molecular weight excluding hydrogens is 230 g/mol. The maximum absolute atomic E-state index is 11.8. The van der Waals surface area contributed by atoms with Crippen LogP contribution in [-0.4, -0.2) is 29.5 Å². The Morgan fingerprint density at radius 3 is 2.94 bits per heavy atom. The molecule has 1 rings (SSSR count). The third-order valence-electron chi connectivity index (χ3n) is 3.04. The highest BCUT2D eigenvalue weighted by Crippen LogP contribution is 2.14. The molecule has 1 saturated heterocycles. The molecular formula is C14H23NO3. The highest BCUT2D eigenvalue weighted by atomic mass is 16.6. The number of unbranched alkanes of at least 4 members (excludes halogenated alkanes) is 1. The molecule has 1 heterocycles. The van der Waals surface area contributed by atoms with Gasteiger partial charge in [0, 0.05) is 19.0 Å². The fourth-order valence-corrected chi connectivity index (χ4v) is 2.01. The summed E-state index contributed by atoms with van der Waals surface area (Å²) in [6, 6.07) is 0. The quantitative estimate of drug-likeness (QED) is 0.559. The van der Waals surface area contributed by atoms with E-state index in [4.69, 9.17) is 4.74 Å². The maximum Gasteiger partial charge on any atom is 0.332 e. The lowest BCUT2D eigenvalue weighted by atomic mass is 10.2. The fourth-order valence-electron chi connectivity index (χ4n) is 2.01. The number of ether oxygens (including phenoxy) is 1. The van der Waals surface area contributed by atoms with Crippen LogP contribution in [0.25, 0.3) is 0 Å². The van der Waals surface area contributed by atoms with E-state index in [9.17, 15) is 9.59 Å². The molecule has 0 aromatic heterocycles. The number of allylic oxidation sites excluding steroid dienone is 1. The molecule has 0 radical (unpaired) electrons. The molecule has 0 saturated carbocycles. The van der Waals surface area contributed by atoms with Gasteiger partial charge in [-0.15, -0.1) is 0 Å². The van der Waals surface area contributed by atoms with Crippen LogP contribution in [0, 0.1) is 0 Å². The van der Waals surface area contributed by atoms with Crippen LogP contribution < -0.4 is 0 Å². The highest BCUT2D eigenvalue weighted by Gasteiger charge is 2.23. The topological polar surface area (TPSA) is 46.6 Å². The van der Waals surface area contributed by atoms with Crippen molar-refractivity contribution in [3.05, 3.63) is 12.2 Å². The van der Waals surface area contributed by atoms with Gasteiger partial charge in [0.1, 0.15) is 0 Å². The minimum atomic E-state index is -0.464. The molecule has 1 aliphatic heterocycles. The number of carbonyl (C=O) groups is 2. The van der Waals surface area contributed by atoms with E-state index >= 15 is 0 Å². The molecule has 0 aromatic carbocycles. The number of hydrogen-bond donors (Lipinski definition) is 0. The molecule has 4 nitrogen and oxygen atoms in total. The summed E-state index contributed by atoms with van der Waals surface area (Å²) in [5.74, 6) is -0.279. The van der Waals surface area contributed by atoms with Crippen LogP contribution in [0.1, 0.15) is 52.4 Å². The predicted octanol–water partition coefficient (Wildman–Crippen LogP) is 2.63. The summed E-state index contributed by atoms with van der Waals surface area (Å²) in [5, 5.41) is 0. The maximum atomic E-state index is 11.8. The minimum Gasteiger partial charge on any atom is -0.439 e. The number of rotatable bonds is 5. The van der Waals surface area contributed by atoms with Crippen LogP contribution in [-0.2, 0) is 14.3 Å². The largest absolute Gasteiger partial charge is 0.439 e. The normalized spacial score (nSPS) is 18.8. The Morgan fingerprint density at radius 1 is 1.44 bits per heavy atom. The van der Waals surface area contributed by atoms with Crippen molar-refractivity contribution in [2.75, 3.05) is 6.54 Å². The molecule has 1 fully saturated rings. The van der Waals surface area contributed by atoms with Crippen LogP contribution in [0.3, 0.4) is 0 Å². The Kier molecular flexibility index (Phi) is 6.47. The lowest BCUT2D eigenvalue weighted by Gasteiger charge is -2.27. The van der Waals surface area contributed by atoms with Crippen molar-refractivity contribution in [2.45, 2.75) is 58.6 Å². The number of esters is 1. The summed E-state index contributed by atoms with van der Waals surface area (Å²) >= 11 is 0. The van der Waals surface area contributed by atoms with Gasteiger partial charge in [-0.1, -0.05) is 25.8 Å². The zero-order valence-electron chi connectivity index (χ0n) is 11.4. The zero-order chi connectivity index (χ0) is 13.4. The number of nitrogens with zero attached hydrogens (tertiary/aromatic N) is 1. The first-order chi connectivity index (χ1) is 8.65. The summed E-state index contributed by atoms with van der Waals surface area (Å²) in [5.41, 5.74) is 0. The highest BCUT2D eigenvalue weighted by molar-refractivity contribution is 5.82. The Hall–Kier alpha value is -1.32. The first-order valence-electron chi connectivity index (χ1n) is 6.81. The molecule has 1 amide bonds. The molecule has 4 heteroatoms. The number of hydrogen-bond acceptors (Lipinski definition) is 3. The molecule has 1 aliphatic rings. The second-order valence-corrected chi connectivity index (χ2v) is 4.63. The van der Waals surface area contributed by atoms with Gasteiger partial charge in [-0.2, -0.15) is 0 Å². The van der Waals surface area contributed by atoms with E-state index in [1.54, 1.807) is 17.9 Å². The first-order valence-corrected chi connectivity index (χ1v) is 6.81. The first kappa shape index (κ1) is 14.7. The monoisotopic (exact) mass is 253 g/mol. The van der Waals surface area contributed by atoms with Crippen molar-refractivity contribution in [3.63, 3.8) is 0 Å². The average molecular weight is 253 g/mol. The van der Waals surface area contributed by atoms with Gasteiger partial charge in [0.15, 0.2) is 6.23 Å². The van der Waals surface area contributed by atoms with Crippen LogP contribution in [0.2, 0.25) is 0 Å². The van der Waals surface area contributed by atoms with Gasteiger partial charge in [-0.3, -0.25) is 4.79 Å². The molecule has 0 bridgehead atoms. The molecule has 0 N–H and O–H groups in total. The minimum absolute atomic E-state index is 0.0883. The van der Waals surface area contributed by atoms with Gasteiger partial charge >= 0.3 is 5.97 Å². The smallest absolute Gasteiger partial charge is 0.332 e. The van der Waals surface area contributed by atoms with Crippen molar-refractivity contribution in [2.24, 2.45) is 0 Å². The standard InChI is InChI=1S/C14H23NO3/c1-3-4-6-10-14(17)18-12(2)15-11-8-5-7-9-13(15)16/h6,10,12H,3-5,7-9,11H2,1-2H3/b10-6-. The third kappa shape index (κ3) is 4.90. The Bertz CT molecular complexity index is 312. The van der Waals surface area contributed by atoms with E-state index in [1.165, 1.54) is 6.08 Å². The van der Waals surface area contributed by atoms with Crippen LogP contribution in [0.5, 0.6) is 0 Å². The Labute approximate surface area is 109 Å². The van der Waals surface area contributed by atoms with Gasteiger partial charge < -0.3 is 9.64 Å². The van der Waals surface area contributed by atoms with E-state index in [1.807, 2.05) is 6.92 Å². The molecule has 0 aromatic rings. The summed E-state index contributed by atoms with van der Waals surface area (Å²) in [6.07, 6.45) is 8.21. The van der Waals surface area contributed by atoms with Crippen LogP contribution >= 0.6 is 0 Å². The third-order valence-corrected chi connectivity index (χ3v) is 3.04. The van der Waals surface area contributed by atoms with Crippen LogP contribution in [0.15, 0.2) is 12.2 Å². The summed E-state index contributed by atoms with van der Waals surface area (Å²) < 4.78 is 5.24. The summed E-state index contributed by atoms with van der Waals surface area (Å²) in [6.45, 7) is 4.49. The molecule has 0 spiro atoms.